The Labute approximate surface area is 181 Å². The molecule has 32 heavy (non-hydrogen) atoms. The van der Waals surface area contributed by atoms with E-state index in [-0.39, 0.29) is 43.4 Å². The molecule has 0 radical (unpaired) electrons. The van der Waals surface area contributed by atoms with Crippen molar-refractivity contribution in [1.29, 1.82) is 0 Å². The smallest absolute Gasteiger partial charge is 0.277 e. The molecule has 0 unspecified atom stereocenters. The quantitative estimate of drug-likeness (QED) is 0.279. The summed E-state index contributed by atoms with van der Waals surface area (Å²) in [7, 11) is 2.90. The zero-order chi connectivity index (χ0) is 23.7. The highest BCUT2D eigenvalue weighted by Crippen LogP contribution is 2.24. The number of rotatable bonds is 12. The Morgan fingerprint density at radius 1 is 1.09 bits per heavy atom. The Morgan fingerprint density at radius 3 is 2.28 bits per heavy atom. The number of nitrogens with one attached hydrogen (secondary N) is 1. The van der Waals surface area contributed by atoms with Crippen LogP contribution in [0.15, 0.2) is 28.9 Å². The van der Waals surface area contributed by atoms with E-state index in [1.165, 1.54) is 19.1 Å². The van der Waals surface area contributed by atoms with Gasteiger partial charge in [0.25, 0.3) is 23.2 Å². The topological polar surface area (TPSA) is 180 Å². The molecule has 2 amide bonds. The fourth-order valence-corrected chi connectivity index (χ4v) is 2.57. The van der Waals surface area contributed by atoms with Gasteiger partial charge in [-0.2, -0.15) is 0 Å². The SMILES string of the molecule is COCCNC(=O)c1coc(CN(CCOC)C(=O)c2cc([N+](=O)[O-])cc([N+](=O)[O-])c2)n1. The summed E-state index contributed by atoms with van der Waals surface area (Å²) >= 11 is 0. The highest BCUT2D eigenvalue weighted by atomic mass is 16.6. The maximum atomic E-state index is 13.0. The van der Waals surface area contributed by atoms with Crippen LogP contribution in [0.3, 0.4) is 0 Å². The van der Waals surface area contributed by atoms with Crippen LogP contribution in [-0.4, -0.2) is 72.1 Å². The summed E-state index contributed by atoms with van der Waals surface area (Å²) in [6.45, 7) is 0.508. The summed E-state index contributed by atoms with van der Waals surface area (Å²) in [5.74, 6) is -1.22. The van der Waals surface area contributed by atoms with Crippen molar-refractivity contribution in [2.45, 2.75) is 6.54 Å². The Kier molecular flexibility index (Phi) is 8.73. The number of methoxy groups -OCH3 is 2. The molecular formula is C18H21N5O9. The molecule has 14 heteroatoms. The molecule has 2 aromatic rings. The average molecular weight is 451 g/mol. The number of benzene rings is 1. The molecule has 0 bridgehead atoms. The van der Waals surface area contributed by atoms with Crippen LogP contribution in [0.5, 0.6) is 0 Å². The van der Waals surface area contributed by atoms with Crippen LogP contribution < -0.4 is 5.32 Å². The molecule has 0 saturated carbocycles. The first-order valence-corrected chi connectivity index (χ1v) is 9.20. The number of hydrogen-bond acceptors (Lipinski definition) is 10. The van der Waals surface area contributed by atoms with Gasteiger partial charge < -0.3 is 24.1 Å². The third kappa shape index (κ3) is 6.55. The van der Waals surface area contributed by atoms with E-state index in [0.29, 0.717) is 6.61 Å². The van der Waals surface area contributed by atoms with Gasteiger partial charge in [-0.1, -0.05) is 0 Å². The number of non-ortho nitro benzene ring substituents is 2. The number of amides is 2. The van der Waals surface area contributed by atoms with Gasteiger partial charge in [0.05, 0.1) is 41.2 Å². The van der Waals surface area contributed by atoms with Crippen LogP contribution in [-0.2, 0) is 16.0 Å². The summed E-state index contributed by atoms with van der Waals surface area (Å²) in [5, 5.41) is 24.8. The molecule has 0 aliphatic heterocycles. The molecular weight excluding hydrogens is 430 g/mol. The lowest BCUT2D eigenvalue weighted by atomic mass is 10.1. The van der Waals surface area contributed by atoms with Gasteiger partial charge >= 0.3 is 0 Å². The molecule has 172 valence electrons. The van der Waals surface area contributed by atoms with Gasteiger partial charge in [-0.15, -0.1) is 0 Å². The Hall–Kier alpha value is -3.91. The molecule has 1 aromatic carbocycles. The lowest BCUT2D eigenvalue weighted by molar-refractivity contribution is -0.394. The monoisotopic (exact) mass is 451 g/mol. The molecule has 0 atom stereocenters. The number of nitrogens with zero attached hydrogens (tertiary/aromatic N) is 4. The van der Waals surface area contributed by atoms with Crippen molar-refractivity contribution in [3.63, 3.8) is 0 Å². The largest absolute Gasteiger partial charge is 0.446 e. The third-order valence-electron chi connectivity index (χ3n) is 4.13. The van der Waals surface area contributed by atoms with Gasteiger partial charge in [-0.25, -0.2) is 4.98 Å². The van der Waals surface area contributed by atoms with Gasteiger partial charge in [0, 0.05) is 39.4 Å². The van der Waals surface area contributed by atoms with Crippen molar-refractivity contribution in [1.82, 2.24) is 15.2 Å². The average Bonchev–Trinajstić information content (AvgIpc) is 3.24. The molecule has 14 nitrogen and oxygen atoms in total. The van der Waals surface area contributed by atoms with Gasteiger partial charge in [0.2, 0.25) is 5.89 Å². The van der Waals surface area contributed by atoms with Crippen LogP contribution in [0.4, 0.5) is 11.4 Å². The van der Waals surface area contributed by atoms with E-state index in [4.69, 9.17) is 13.9 Å². The van der Waals surface area contributed by atoms with Crippen molar-refractivity contribution in [2.75, 3.05) is 40.5 Å². The minimum absolute atomic E-state index is 0.0127. The van der Waals surface area contributed by atoms with Crippen LogP contribution in [0.2, 0.25) is 0 Å². The second-order valence-electron chi connectivity index (χ2n) is 6.35. The highest BCUT2D eigenvalue weighted by molar-refractivity contribution is 5.95. The van der Waals surface area contributed by atoms with E-state index in [2.05, 4.69) is 10.3 Å². The lowest BCUT2D eigenvalue weighted by Crippen LogP contribution is -2.33. The van der Waals surface area contributed by atoms with Crippen molar-refractivity contribution in [3.05, 3.63) is 61.8 Å². The fraction of sp³-hybridized carbons (Fsp3) is 0.389. The minimum Gasteiger partial charge on any atom is -0.446 e. The van der Waals surface area contributed by atoms with Gasteiger partial charge in [0.15, 0.2) is 5.69 Å². The molecule has 2 rings (SSSR count). The molecule has 1 heterocycles. The van der Waals surface area contributed by atoms with E-state index in [9.17, 15) is 29.8 Å². The summed E-state index contributed by atoms with van der Waals surface area (Å²) in [4.78, 5) is 50.8. The minimum atomic E-state index is -0.828. The second kappa shape index (κ2) is 11.5. The zero-order valence-corrected chi connectivity index (χ0v) is 17.3. The van der Waals surface area contributed by atoms with Crippen LogP contribution in [0.1, 0.15) is 26.7 Å². The number of carbonyl (C=O) groups excluding carboxylic acids is 2. The normalized spacial score (nSPS) is 10.6. The van der Waals surface area contributed by atoms with E-state index in [0.717, 1.165) is 24.5 Å². The number of carbonyl (C=O) groups is 2. The predicted molar refractivity (Wildman–Crippen MR) is 107 cm³/mol. The molecule has 0 aliphatic rings. The number of hydrogen-bond donors (Lipinski definition) is 1. The summed E-state index contributed by atoms with van der Waals surface area (Å²) in [5.41, 5.74) is -1.46. The van der Waals surface area contributed by atoms with E-state index in [1.54, 1.807) is 0 Å². The van der Waals surface area contributed by atoms with Crippen LogP contribution in [0, 0.1) is 20.2 Å². The summed E-state index contributed by atoms with van der Waals surface area (Å²) < 4.78 is 15.1. The summed E-state index contributed by atoms with van der Waals surface area (Å²) in [6, 6.07) is 2.65. The van der Waals surface area contributed by atoms with Crippen molar-refractivity contribution < 1.29 is 33.3 Å². The Bertz CT molecular complexity index is 959. The number of aromatic nitrogens is 1. The fourth-order valence-electron chi connectivity index (χ4n) is 2.57. The maximum Gasteiger partial charge on any atom is 0.277 e. The highest BCUT2D eigenvalue weighted by Gasteiger charge is 2.25. The lowest BCUT2D eigenvalue weighted by Gasteiger charge is -2.20. The first kappa shape index (κ1) is 24.4. The van der Waals surface area contributed by atoms with Gasteiger partial charge in [0.1, 0.15) is 6.26 Å². The molecule has 0 fully saturated rings. The van der Waals surface area contributed by atoms with E-state index >= 15 is 0 Å². The molecule has 1 aromatic heterocycles. The first-order chi connectivity index (χ1) is 15.3. The van der Waals surface area contributed by atoms with E-state index in [1.807, 2.05) is 0 Å². The predicted octanol–water partition coefficient (Wildman–Crippen LogP) is 1.16. The second-order valence-corrected chi connectivity index (χ2v) is 6.35. The standard InChI is InChI=1S/C18H21N5O9/c1-30-5-3-19-17(24)15-11-32-16(20-15)10-21(4-6-31-2)18(25)12-7-13(22(26)27)9-14(8-12)23(28)29/h7-9,11H,3-6,10H2,1-2H3,(H,19,24). The van der Waals surface area contributed by atoms with Gasteiger partial charge in [-0.05, 0) is 0 Å². The number of oxazole rings is 1. The van der Waals surface area contributed by atoms with Crippen molar-refractivity contribution >= 4 is 23.2 Å². The van der Waals surface area contributed by atoms with Crippen molar-refractivity contribution in [2.24, 2.45) is 0 Å². The van der Waals surface area contributed by atoms with Crippen LogP contribution >= 0.6 is 0 Å². The maximum absolute atomic E-state index is 13.0. The van der Waals surface area contributed by atoms with Gasteiger partial charge in [-0.3, -0.25) is 29.8 Å². The third-order valence-corrected chi connectivity index (χ3v) is 4.13. The molecule has 0 spiro atoms. The summed E-state index contributed by atoms with van der Waals surface area (Å²) in [6.07, 6.45) is 1.12. The Morgan fingerprint density at radius 2 is 1.72 bits per heavy atom. The number of nitro groups is 2. The number of ether oxygens (including phenoxy) is 2. The molecule has 0 saturated heterocycles. The van der Waals surface area contributed by atoms with Crippen LogP contribution in [0.25, 0.3) is 0 Å². The first-order valence-electron chi connectivity index (χ1n) is 9.20. The van der Waals surface area contributed by atoms with E-state index < -0.39 is 33.0 Å². The van der Waals surface area contributed by atoms with Crippen molar-refractivity contribution in [3.8, 4) is 0 Å². The zero-order valence-electron chi connectivity index (χ0n) is 17.3. The Balaban J connectivity index is 2.25. The molecule has 0 aliphatic carbocycles. The number of nitro benzene ring substituents is 2. The molecule has 1 N–H and O–H groups in total.